The number of amides is 1. The van der Waals surface area contributed by atoms with Gasteiger partial charge in [0, 0.05) is 19.8 Å². The van der Waals surface area contributed by atoms with Crippen molar-refractivity contribution in [2.45, 2.75) is 20.3 Å². The van der Waals surface area contributed by atoms with E-state index in [1.807, 2.05) is 19.9 Å². The van der Waals surface area contributed by atoms with E-state index in [4.69, 9.17) is 25.8 Å². The minimum Gasteiger partial charge on any atom is -0.491 e. The summed E-state index contributed by atoms with van der Waals surface area (Å²) in [6, 6.07) is 5.19. The van der Waals surface area contributed by atoms with Crippen LogP contribution in [0.15, 0.2) is 17.7 Å². The summed E-state index contributed by atoms with van der Waals surface area (Å²) in [5.41, 5.74) is 0.565. The van der Waals surface area contributed by atoms with Crippen molar-refractivity contribution >= 4 is 23.6 Å². The van der Waals surface area contributed by atoms with Gasteiger partial charge in [0.25, 0.3) is 5.91 Å². The Bertz CT molecular complexity index is 653. The van der Waals surface area contributed by atoms with Crippen molar-refractivity contribution in [1.82, 2.24) is 5.32 Å². The number of benzene rings is 1. The molecule has 1 N–H and O–H groups in total. The summed E-state index contributed by atoms with van der Waals surface area (Å²) in [5, 5.41) is 12.3. The summed E-state index contributed by atoms with van der Waals surface area (Å²) in [4.78, 5) is 12.1. The summed E-state index contributed by atoms with van der Waals surface area (Å²) in [6.45, 7) is 5.82. The molecule has 0 bridgehead atoms. The van der Waals surface area contributed by atoms with Crippen molar-refractivity contribution in [2.24, 2.45) is 0 Å². The number of hydrogen-bond acceptors (Lipinski definition) is 5. The number of ether oxygens (including phenoxy) is 3. The third kappa shape index (κ3) is 6.65. The van der Waals surface area contributed by atoms with E-state index in [1.54, 1.807) is 12.1 Å². The maximum atomic E-state index is 12.1. The molecular weight excluding hydrogens is 344 g/mol. The molecule has 0 radical (unpaired) electrons. The molecule has 0 aliphatic carbocycles. The summed E-state index contributed by atoms with van der Waals surface area (Å²) >= 11 is 6.18. The Morgan fingerprint density at radius 3 is 2.72 bits per heavy atom. The van der Waals surface area contributed by atoms with Crippen LogP contribution in [0.2, 0.25) is 5.02 Å². The van der Waals surface area contributed by atoms with Crippen LogP contribution in [0.3, 0.4) is 0 Å². The van der Waals surface area contributed by atoms with Gasteiger partial charge in [-0.3, -0.25) is 4.79 Å². The van der Waals surface area contributed by atoms with Crippen LogP contribution < -0.4 is 14.8 Å². The molecule has 1 aromatic carbocycles. The number of hydrogen-bond donors (Lipinski definition) is 1. The first-order valence-electron chi connectivity index (χ1n) is 8.05. The predicted octanol–water partition coefficient (Wildman–Crippen LogP) is 3.20. The van der Waals surface area contributed by atoms with Gasteiger partial charge in [-0.1, -0.05) is 11.6 Å². The molecule has 0 spiro atoms. The number of rotatable bonds is 10. The van der Waals surface area contributed by atoms with Gasteiger partial charge in [0.2, 0.25) is 0 Å². The molecule has 1 rings (SSSR count). The lowest BCUT2D eigenvalue weighted by Crippen LogP contribution is -2.26. The predicted molar refractivity (Wildman–Crippen MR) is 96.9 cm³/mol. The van der Waals surface area contributed by atoms with E-state index in [2.05, 4.69) is 5.32 Å². The van der Waals surface area contributed by atoms with Crippen molar-refractivity contribution < 1.29 is 19.0 Å². The van der Waals surface area contributed by atoms with Crippen LogP contribution >= 0.6 is 11.6 Å². The van der Waals surface area contributed by atoms with Gasteiger partial charge in [-0.15, -0.1) is 0 Å². The van der Waals surface area contributed by atoms with Crippen LogP contribution in [-0.4, -0.2) is 39.4 Å². The Hall–Kier alpha value is -2.23. The molecule has 6 nitrogen and oxygen atoms in total. The van der Waals surface area contributed by atoms with Crippen LogP contribution in [0.25, 0.3) is 6.08 Å². The fraction of sp³-hybridized carbons (Fsp3) is 0.444. The molecule has 0 atom stereocenters. The zero-order valence-electron chi connectivity index (χ0n) is 14.7. The highest BCUT2D eigenvalue weighted by Gasteiger charge is 2.13. The molecular formula is C18H23ClN2O4. The van der Waals surface area contributed by atoms with Crippen molar-refractivity contribution in [2.75, 3.05) is 33.5 Å². The fourth-order valence-electron chi connectivity index (χ4n) is 2.06. The number of nitrogens with zero attached hydrogens (tertiary/aromatic N) is 1. The number of nitriles is 1. The lowest BCUT2D eigenvalue weighted by molar-refractivity contribution is -0.117. The Morgan fingerprint density at radius 2 is 2.12 bits per heavy atom. The van der Waals surface area contributed by atoms with Gasteiger partial charge in [0.15, 0.2) is 11.5 Å². The molecule has 0 aromatic heterocycles. The van der Waals surface area contributed by atoms with Crippen molar-refractivity contribution in [3.63, 3.8) is 0 Å². The van der Waals surface area contributed by atoms with Crippen molar-refractivity contribution in [3.8, 4) is 17.6 Å². The van der Waals surface area contributed by atoms with Crippen LogP contribution in [0, 0.1) is 11.3 Å². The number of carbonyl (C=O) groups excluding carboxylic acids is 1. The van der Waals surface area contributed by atoms with E-state index < -0.39 is 5.91 Å². The second-order valence-electron chi connectivity index (χ2n) is 4.94. The van der Waals surface area contributed by atoms with E-state index in [1.165, 1.54) is 13.2 Å². The highest BCUT2D eigenvalue weighted by Crippen LogP contribution is 2.36. The quantitative estimate of drug-likeness (QED) is 0.390. The van der Waals surface area contributed by atoms with E-state index in [9.17, 15) is 10.1 Å². The lowest BCUT2D eigenvalue weighted by Gasteiger charge is -2.12. The summed E-state index contributed by atoms with van der Waals surface area (Å²) in [5.74, 6) is 0.432. The zero-order chi connectivity index (χ0) is 18.7. The average Bonchev–Trinajstić information content (AvgIpc) is 2.59. The molecule has 0 saturated carbocycles. The van der Waals surface area contributed by atoms with Crippen LogP contribution in [0.4, 0.5) is 0 Å². The van der Waals surface area contributed by atoms with E-state index >= 15 is 0 Å². The SMILES string of the molecule is CCOCCCNC(=O)/C(C#N)=C/c1cc(Cl)c(OC)c(OCC)c1. The second kappa shape index (κ2) is 11.3. The summed E-state index contributed by atoms with van der Waals surface area (Å²) < 4.78 is 15.9. The summed E-state index contributed by atoms with van der Waals surface area (Å²) in [7, 11) is 1.50. The Balaban J connectivity index is 2.90. The van der Waals surface area contributed by atoms with Gasteiger partial charge in [-0.05, 0) is 44.0 Å². The standard InChI is InChI=1S/C18H23ClN2O4/c1-4-24-8-6-7-21-18(22)14(12-20)9-13-10-15(19)17(23-3)16(11-13)25-5-2/h9-11H,4-8H2,1-3H3,(H,21,22)/b14-9+. The minimum atomic E-state index is -0.441. The Labute approximate surface area is 153 Å². The summed E-state index contributed by atoms with van der Waals surface area (Å²) in [6.07, 6.45) is 2.15. The smallest absolute Gasteiger partial charge is 0.261 e. The molecule has 0 aliphatic heterocycles. The first-order valence-corrected chi connectivity index (χ1v) is 8.43. The van der Waals surface area contributed by atoms with E-state index in [-0.39, 0.29) is 5.57 Å². The maximum Gasteiger partial charge on any atom is 0.261 e. The van der Waals surface area contributed by atoms with Crippen molar-refractivity contribution in [3.05, 3.63) is 28.3 Å². The van der Waals surface area contributed by atoms with Gasteiger partial charge in [0.1, 0.15) is 11.6 Å². The average molecular weight is 367 g/mol. The highest BCUT2D eigenvalue weighted by molar-refractivity contribution is 6.32. The zero-order valence-corrected chi connectivity index (χ0v) is 15.5. The fourth-order valence-corrected chi connectivity index (χ4v) is 2.36. The Morgan fingerprint density at radius 1 is 1.36 bits per heavy atom. The molecule has 0 unspecified atom stereocenters. The largest absolute Gasteiger partial charge is 0.491 e. The number of nitrogens with one attached hydrogen (secondary N) is 1. The molecule has 1 amide bonds. The van der Waals surface area contributed by atoms with Gasteiger partial charge < -0.3 is 19.5 Å². The third-order valence-electron chi connectivity index (χ3n) is 3.17. The molecule has 25 heavy (non-hydrogen) atoms. The second-order valence-corrected chi connectivity index (χ2v) is 5.35. The Kier molecular flexibility index (Phi) is 9.45. The molecule has 1 aromatic rings. The van der Waals surface area contributed by atoms with Gasteiger partial charge >= 0.3 is 0 Å². The first-order chi connectivity index (χ1) is 12.1. The normalized spacial score (nSPS) is 10.9. The highest BCUT2D eigenvalue weighted by atomic mass is 35.5. The number of carbonyl (C=O) groups is 1. The van der Waals surface area contributed by atoms with Crippen LogP contribution in [-0.2, 0) is 9.53 Å². The van der Waals surface area contributed by atoms with Crippen LogP contribution in [0.1, 0.15) is 25.8 Å². The molecule has 136 valence electrons. The monoisotopic (exact) mass is 366 g/mol. The lowest BCUT2D eigenvalue weighted by atomic mass is 10.1. The number of methoxy groups -OCH3 is 1. The molecule has 0 aliphatic rings. The topological polar surface area (TPSA) is 80.6 Å². The van der Waals surface area contributed by atoms with Gasteiger partial charge in [-0.2, -0.15) is 5.26 Å². The third-order valence-corrected chi connectivity index (χ3v) is 3.45. The first kappa shape index (κ1) is 20.8. The van der Waals surface area contributed by atoms with Gasteiger partial charge in [-0.25, -0.2) is 0 Å². The van der Waals surface area contributed by atoms with Gasteiger partial charge in [0.05, 0.1) is 18.7 Å². The maximum absolute atomic E-state index is 12.1. The molecule has 0 saturated heterocycles. The minimum absolute atomic E-state index is 0.0138. The van der Waals surface area contributed by atoms with Crippen molar-refractivity contribution in [1.29, 1.82) is 5.26 Å². The molecule has 7 heteroatoms. The molecule has 0 fully saturated rings. The molecule has 0 heterocycles. The van der Waals surface area contributed by atoms with Crippen LogP contribution in [0.5, 0.6) is 11.5 Å². The number of halogens is 1. The van der Waals surface area contributed by atoms with E-state index in [0.29, 0.717) is 54.9 Å². The van der Waals surface area contributed by atoms with E-state index in [0.717, 1.165) is 0 Å².